The number of nitrogens with two attached hydrogens (primary N) is 1. The first-order chi connectivity index (χ1) is 5.81. The molecule has 0 amide bonds. The number of aldehydes is 1. The monoisotopic (exact) mass is 164 g/mol. The summed E-state index contributed by atoms with van der Waals surface area (Å²) in [7, 11) is 0. The molecule has 0 fully saturated rings. The Balaban J connectivity index is 3.10. The molecule has 3 N–H and O–H groups in total. The summed E-state index contributed by atoms with van der Waals surface area (Å²) in [5.41, 5.74) is 4.93. The number of rotatable bonds is 3. The molecule has 0 heterocycles. The first-order valence-corrected chi connectivity index (χ1v) is 3.86. The molecule has 1 aromatic rings. The van der Waals surface area contributed by atoms with E-state index in [9.17, 15) is 4.79 Å². The average molecular weight is 164 g/mol. The molecule has 64 valence electrons. The van der Waals surface area contributed by atoms with Crippen molar-refractivity contribution in [1.29, 1.82) is 0 Å². The first kappa shape index (κ1) is 8.74. The highest BCUT2D eigenvalue weighted by atomic mass is 16.1. The van der Waals surface area contributed by atoms with Crippen molar-refractivity contribution in [1.82, 2.24) is 0 Å². The van der Waals surface area contributed by atoms with E-state index in [-0.39, 0.29) is 0 Å². The van der Waals surface area contributed by atoms with Crippen LogP contribution in [0.3, 0.4) is 0 Å². The van der Waals surface area contributed by atoms with Gasteiger partial charge in [-0.15, -0.1) is 0 Å². The molecule has 0 aliphatic heterocycles. The van der Waals surface area contributed by atoms with Gasteiger partial charge in [0.25, 0.3) is 0 Å². The first-order valence-electron chi connectivity index (χ1n) is 3.86. The maximum absolute atomic E-state index is 10.5. The van der Waals surface area contributed by atoms with E-state index in [1.165, 1.54) is 0 Å². The van der Waals surface area contributed by atoms with Crippen LogP contribution in [0.25, 0.3) is 0 Å². The van der Waals surface area contributed by atoms with E-state index in [1.54, 1.807) is 6.07 Å². The van der Waals surface area contributed by atoms with Gasteiger partial charge in [-0.3, -0.25) is 10.6 Å². The lowest BCUT2D eigenvalue weighted by atomic mass is 10.1. The zero-order chi connectivity index (χ0) is 8.97. The van der Waals surface area contributed by atoms with Gasteiger partial charge in [-0.2, -0.15) is 0 Å². The van der Waals surface area contributed by atoms with Crippen molar-refractivity contribution in [2.75, 3.05) is 5.43 Å². The van der Waals surface area contributed by atoms with E-state index in [2.05, 4.69) is 12.3 Å². The normalized spacial score (nSPS) is 9.50. The van der Waals surface area contributed by atoms with Crippen LogP contribution in [-0.2, 0) is 6.42 Å². The van der Waals surface area contributed by atoms with Crippen LogP contribution in [-0.4, -0.2) is 6.29 Å². The quantitative estimate of drug-likeness (QED) is 0.403. The lowest BCUT2D eigenvalue weighted by molar-refractivity contribution is 0.112. The van der Waals surface area contributed by atoms with E-state index in [1.807, 2.05) is 12.1 Å². The SMILES string of the molecule is CCc1ccc(C=O)c(NN)c1. The third-order valence-corrected chi connectivity index (χ3v) is 1.81. The summed E-state index contributed by atoms with van der Waals surface area (Å²) in [6.07, 6.45) is 1.72. The van der Waals surface area contributed by atoms with Crippen LogP contribution >= 0.6 is 0 Å². The van der Waals surface area contributed by atoms with E-state index >= 15 is 0 Å². The van der Waals surface area contributed by atoms with Crippen molar-refractivity contribution in [2.45, 2.75) is 13.3 Å². The number of nitrogen functional groups attached to an aromatic ring is 1. The van der Waals surface area contributed by atoms with Gasteiger partial charge in [0, 0.05) is 5.56 Å². The molecule has 12 heavy (non-hydrogen) atoms. The van der Waals surface area contributed by atoms with E-state index in [0.717, 1.165) is 18.3 Å². The highest BCUT2D eigenvalue weighted by Gasteiger charge is 1.99. The van der Waals surface area contributed by atoms with Crippen LogP contribution in [0.4, 0.5) is 5.69 Å². The van der Waals surface area contributed by atoms with Crippen molar-refractivity contribution < 1.29 is 4.79 Å². The summed E-state index contributed by atoms with van der Waals surface area (Å²) in [6, 6.07) is 5.56. The number of nitrogens with one attached hydrogen (secondary N) is 1. The van der Waals surface area contributed by atoms with Crippen LogP contribution in [0.15, 0.2) is 18.2 Å². The molecule has 0 radical (unpaired) electrons. The number of hydrazine groups is 1. The second-order valence-corrected chi connectivity index (χ2v) is 2.54. The zero-order valence-corrected chi connectivity index (χ0v) is 7.00. The van der Waals surface area contributed by atoms with Crippen LogP contribution in [0, 0.1) is 0 Å². The fourth-order valence-electron chi connectivity index (χ4n) is 1.05. The van der Waals surface area contributed by atoms with Crippen molar-refractivity contribution in [3.05, 3.63) is 29.3 Å². The summed E-state index contributed by atoms with van der Waals surface area (Å²) in [6.45, 7) is 2.05. The minimum Gasteiger partial charge on any atom is -0.323 e. The van der Waals surface area contributed by atoms with Gasteiger partial charge in [-0.1, -0.05) is 13.0 Å². The third-order valence-electron chi connectivity index (χ3n) is 1.81. The van der Waals surface area contributed by atoms with Crippen molar-refractivity contribution >= 4 is 12.0 Å². The summed E-state index contributed by atoms with van der Waals surface area (Å²) < 4.78 is 0. The largest absolute Gasteiger partial charge is 0.323 e. The molecule has 1 rings (SSSR count). The Morgan fingerprint density at radius 2 is 2.33 bits per heavy atom. The number of carbonyl (C=O) groups is 1. The Kier molecular flexibility index (Phi) is 2.82. The van der Waals surface area contributed by atoms with Gasteiger partial charge in [0.15, 0.2) is 6.29 Å². The second kappa shape index (κ2) is 3.88. The molecular formula is C9H12N2O. The standard InChI is InChI=1S/C9H12N2O/c1-2-7-3-4-8(6-12)9(5-7)11-10/h3-6,11H,2,10H2,1H3. The molecule has 0 saturated carbocycles. The number of aryl methyl sites for hydroxylation is 1. The van der Waals surface area contributed by atoms with Gasteiger partial charge >= 0.3 is 0 Å². The molecule has 0 spiro atoms. The highest BCUT2D eigenvalue weighted by Crippen LogP contribution is 2.14. The van der Waals surface area contributed by atoms with Crippen molar-refractivity contribution in [3.63, 3.8) is 0 Å². The topological polar surface area (TPSA) is 55.1 Å². The van der Waals surface area contributed by atoms with Gasteiger partial charge < -0.3 is 5.43 Å². The fourth-order valence-corrected chi connectivity index (χ4v) is 1.05. The minimum absolute atomic E-state index is 0.592. The van der Waals surface area contributed by atoms with Crippen molar-refractivity contribution in [3.8, 4) is 0 Å². The molecular weight excluding hydrogens is 152 g/mol. The maximum atomic E-state index is 10.5. The summed E-state index contributed by atoms with van der Waals surface area (Å²) in [4.78, 5) is 10.5. The van der Waals surface area contributed by atoms with Gasteiger partial charge in [0.2, 0.25) is 0 Å². The predicted molar refractivity (Wildman–Crippen MR) is 49.0 cm³/mol. The highest BCUT2D eigenvalue weighted by molar-refractivity contribution is 5.84. The Morgan fingerprint density at radius 3 is 2.83 bits per heavy atom. The van der Waals surface area contributed by atoms with Crippen LogP contribution in [0.5, 0.6) is 0 Å². The molecule has 1 aromatic carbocycles. The smallest absolute Gasteiger partial charge is 0.152 e. The Hall–Kier alpha value is -1.35. The predicted octanol–water partition coefficient (Wildman–Crippen LogP) is 1.35. The fraction of sp³-hybridized carbons (Fsp3) is 0.222. The van der Waals surface area contributed by atoms with Gasteiger partial charge in [0.1, 0.15) is 0 Å². The van der Waals surface area contributed by atoms with Crippen LogP contribution in [0.1, 0.15) is 22.8 Å². The van der Waals surface area contributed by atoms with E-state index in [4.69, 9.17) is 5.84 Å². The van der Waals surface area contributed by atoms with Crippen LogP contribution in [0.2, 0.25) is 0 Å². The number of carbonyl (C=O) groups excluding carboxylic acids is 1. The van der Waals surface area contributed by atoms with Gasteiger partial charge in [-0.25, -0.2) is 0 Å². The van der Waals surface area contributed by atoms with Crippen LogP contribution < -0.4 is 11.3 Å². The minimum atomic E-state index is 0.592. The molecule has 0 aromatic heterocycles. The molecule has 0 atom stereocenters. The molecule has 3 heteroatoms. The van der Waals surface area contributed by atoms with Gasteiger partial charge in [-0.05, 0) is 24.1 Å². The number of anilines is 1. The van der Waals surface area contributed by atoms with E-state index in [0.29, 0.717) is 11.3 Å². The number of benzene rings is 1. The zero-order valence-electron chi connectivity index (χ0n) is 7.00. The summed E-state index contributed by atoms with van der Waals surface area (Å²) >= 11 is 0. The number of hydrogen-bond acceptors (Lipinski definition) is 3. The Bertz CT molecular complexity index is 284. The third kappa shape index (κ3) is 1.62. The van der Waals surface area contributed by atoms with Gasteiger partial charge in [0.05, 0.1) is 5.69 Å². The molecule has 0 aliphatic carbocycles. The summed E-state index contributed by atoms with van der Waals surface area (Å²) in [5, 5.41) is 0. The number of hydrogen-bond donors (Lipinski definition) is 2. The molecule has 0 saturated heterocycles. The molecule has 0 aliphatic rings. The maximum Gasteiger partial charge on any atom is 0.152 e. The second-order valence-electron chi connectivity index (χ2n) is 2.54. The molecule has 0 unspecified atom stereocenters. The Labute approximate surface area is 71.5 Å². The average Bonchev–Trinajstić information content (AvgIpc) is 2.16. The summed E-state index contributed by atoms with van der Waals surface area (Å²) in [5.74, 6) is 5.24. The lowest BCUT2D eigenvalue weighted by Crippen LogP contribution is -2.09. The van der Waals surface area contributed by atoms with Crippen molar-refractivity contribution in [2.24, 2.45) is 5.84 Å². The lowest BCUT2D eigenvalue weighted by Gasteiger charge is -2.05. The van der Waals surface area contributed by atoms with E-state index < -0.39 is 0 Å². The molecule has 3 nitrogen and oxygen atoms in total. The molecule has 0 bridgehead atoms. The Morgan fingerprint density at radius 1 is 1.58 bits per heavy atom.